The van der Waals surface area contributed by atoms with Gasteiger partial charge in [0.1, 0.15) is 5.82 Å². The molecule has 0 spiro atoms. The molecule has 1 unspecified atom stereocenters. The van der Waals surface area contributed by atoms with Gasteiger partial charge in [0.2, 0.25) is 0 Å². The number of rotatable bonds is 3. The van der Waals surface area contributed by atoms with E-state index < -0.39 is 11.8 Å². The Morgan fingerprint density at radius 2 is 2.10 bits per heavy atom. The molecule has 31 heavy (non-hydrogen) atoms. The summed E-state index contributed by atoms with van der Waals surface area (Å²) < 4.78 is 0. The molecule has 1 aromatic carbocycles. The maximum atomic E-state index is 13.0. The number of hydrogen-bond acceptors (Lipinski definition) is 6. The zero-order chi connectivity index (χ0) is 22.1. The van der Waals surface area contributed by atoms with Gasteiger partial charge in [0.15, 0.2) is 5.78 Å². The molecule has 0 saturated carbocycles. The molecule has 0 radical (unpaired) electrons. The summed E-state index contributed by atoms with van der Waals surface area (Å²) in [5.74, 6) is -1.26. The number of hydrazine groups is 1. The van der Waals surface area contributed by atoms with Gasteiger partial charge in [-0.1, -0.05) is 29.3 Å². The van der Waals surface area contributed by atoms with Crippen LogP contribution in [0.15, 0.2) is 65.4 Å². The summed E-state index contributed by atoms with van der Waals surface area (Å²) in [6.45, 7) is 0. The highest BCUT2D eigenvalue weighted by atomic mass is 35.5. The van der Waals surface area contributed by atoms with Crippen LogP contribution in [0.3, 0.4) is 0 Å². The zero-order valence-electron chi connectivity index (χ0n) is 16.2. The fourth-order valence-corrected chi connectivity index (χ4v) is 4.44. The van der Waals surface area contributed by atoms with Gasteiger partial charge >= 0.3 is 0 Å². The first-order valence-corrected chi connectivity index (χ1v) is 10.3. The van der Waals surface area contributed by atoms with Crippen molar-refractivity contribution in [3.05, 3.63) is 86.6 Å². The minimum Gasteiger partial charge on any atom is -0.383 e. The predicted octanol–water partition coefficient (Wildman–Crippen LogP) is 3.83. The van der Waals surface area contributed by atoms with Crippen LogP contribution in [0.25, 0.3) is 0 Å². The van der Waals surface area contributed by atoms with Crippen LogP contribution < -0.4 is 11.2 Å². The van der Waals surface area contributed by atoms with E-state index in [1.165, 1.54) is 11.2 Å². The van der Waals surface area contributed by atoms with Crippen LogP contribution >= 0.6 is 23.2 Å². The second-order valence-corrected chi connectivity index (χ2v) is 8.01. The molecular formula is C22H17Cl2N5O2. The molecule has 7 nitrogen and oxygen atoms in total. The Morgan fingerprint density at radius 1 is 1.29 bits per heavy atom. The molecule has 1 atom stereocenters. The molecule has 2 aromatic rings. The average Bonchev–Trinajstić information content (AvgIpc) is 2.76. The lowest BCUT2D eigenvalue weighted by Gasteiger charge is -2.39. The number of nitriles is 1. The Labute approximate surface area is 188 Å². The second-order valence-electron chi connectivity index (χ2n) is 7.16. The smallest absolute Gasteiger partial charge is 0.271 e. The number of carbonyl (C=O) groups is 2. The van der Waals surface area contributed by atoms with E-state index in [-0.39, 0.29) is 17.2 Å². The van der Waals surface area contributed by atoms with Crippen molar-refractivity contribution in [3.8, 4) is 6.07 Å². The number of pyridine rings is 1. The summed E-state index contributed by atoms with van der Waals surface area (Å²) in [7, 11) is 0. The molecule has 2 aliphatic rings. The molecule has 1 aliphatic carbocycles. The van der Waals surface area contributed by atoms with Crippen LogP contribution in [0.1, 0.15) is 41.1 Å². The van der Waals surface area contributed by atoms with Gasteiger partial charge in [-0.3, -0.25) is 20.0 Å². The van der Waals surface area contributed by atoms with Crippen molar-refractivity contribution in [1.29, 1.82) is 5.26 Å². The highest BCUT2D eigenvalue weighted by Gasteiger charge is 2.41. The third kappa shape index (κ3) is 3.76. The molecule has 1 aromatic heterocycles. The molecule has 0 fully saturated rings. The van der Waals surface area contributed by atoms with E-state index in [4.69, 9.17) is 28.9 Å². The number of nitrogens with zero attached hydrogens (tertiary/aromatic N) is 3. The number of amides is 1. The summed E-state index contributed by atoms with van der Waals surface area (Å²) >= 11 is 12.5. The Hall–Kier alpha value is -3.34. The van der Waals surface area contributed by atoms with Crippen molar-refractivity contribution >= 4 is 34.9 Å². The van der Waals surface area contributed by atoms with Gasteiger partial charge < -0.3 is 5.73 Å². The SMILES string of the molecule is N#CC1=C(N)N(NC(=O)c2cccnc2)C2=C(C(=O)CCC2)C1c1ccc(Cl)cc1Cl. The summed E-state index contributed by atoms with van der Waals surface area (Å²) in [4.78, 5) is 29.7. The fourth-order valence-electron chi connectivity index (χ4n) is 3.92. The quantitative estimate of drug-likeness (QED) is 0.729. The third-order valence-corrected chi connectivity index (χ3v) is 5.89. The molecule has 0 bridgehead atoms. The molecule has 3 N–H and O–H groups in total. The lowest BCUT2D eigenvalue weighted by molar-refractivity contribution is -0.116. The van der Waals surface area contributed by atoms with E-state index in [1.807, 2.05) is 0 Å². The standard InChI is InChI=1S/C22H17Cl2N5O2/c23-13-6-7-14(16(24)9-13)19-15(10-25)21(26)29(17-4-1-5-18(30)20(17)19)28-22(31)12-3-2-8-27-11-12/h2-3,6-9,11,19H,1,4-5,26H2,(H,28,31). The molecule has 156 valence electrons. The number of ketones is 1. The molecule has 9 heteroatoms. The van der Waals surface area contributed by atoms with E-state index in [2.05, 4.69) is 16.5 Å². The molecular weight excluding hydrogens is 437 g/mol. The van der Waals surface area contributed by atoms with E-state index in [9.17, 15) is 14.9 Å². The third-order valence-electron chi connectivity index (χ3n) is 5.32. The molecule has 1 aliphatic heterocycles. The van der Waals surface area contributed by atoms with E-state index in [0.29, 0.717) is 51.7 Å². The maximum Gasteiger partial charge on any atom is 0.271 e. The summed E-state index contributed by atoms with van der Waals surface area (Å²) in [5.41, 5.74) is 11.1. The normalized spacial score (nSPS) is 18.5. The van der Waals surface area contributed by atoms with Crippen LogP contribution in [0.4, 0.5) is 0 Å². The highest BCUT2D eigenvalue weighted by Crippen LogP contribution is 2.46. The van der Waals surface area contributed by atoms with Gasteiger partial charge in [-0.15, -0.1) is 0 Å². The average molecular weight is 454 g/mol. The lowest BCUT2D eigenvalue weighted by Crippen LogP contribution is -2.48. The Bertz CT molecular complexity index is 1180. The first-order valence-electron chi connectivity index (χ1n) is 9.54. The number of aromatic nitrogens is 1. The monoisotopic (exact) mass is 453 g/mol. The zero-order valence-corrected chi connectivity index (χ0v) is 17.7. The number of carbonyl (C=O) groups excluding carboxylic acids is 2. The van der Waals surface area contributed by atoms with Gasteiger partial charge in [0, 0.05) is 40.1 Å². The van der Waals surface area contributed by atoms with Crippen molar-refractivity contribution in [3.63, 3.8) is 0 Å². The van der Waals surface area contributed by atoms with Crippen molar-refractivity contribution in [2.45, 2.75) is 25.2 Å². The number of benzene rings is 1. The van der Waals surface area contributed by atoms with Crippen LogP contribution in [-0.2, 0) is 4.79 Å². The largest absolute Gasteiger partial charge is 0.383 e. The second kappa shape index (κ2) is 8.42. The number of hydrogen-bond donors (Lipinski definition) is 2. The van der Waals surface area contributed by atoms with Gasteiger partial charge in [-0.2, -0.15) is 5.26 Å². The minimum atomic E-state index is -0.732. The number of nitrogens with one attached hydrogen (secondary N) is 1. The van der Waals surface area contributed by atoms with Gasteiger partial charge in [-0.05, 0) is 42.7 Å². The first-order chi connectivity index (χ1) is 14.9. The number of Topliss-reactive ketones (excluding diaryl/α,β-unsaturated/α-hetero) is 1. The van der Waals surface area contributed by atoms with Gasteiger partial charge in [0.05, 0.1) is 23.1 Å². The first kappa shape index (κ1) is 20.9. The lowest BCUT2D eigenvalue weighted by atomic mass is 9.76. The van der Waals surface area contributed by atoms with Gasteiger partial charge in [-0.25, -0.2) is 5.01 Å². The van der Waals surface area contributed by atoms with E-state index in [0.717, 1.165) is 0 Å². The van der Waals surface area contributed by atoms with Crippen molar-refractivity contribution in [1.82, 2.24) is 15.4 Å². The summed E-state index contributed by atoms with van der Waals surface area (Å²) in [6.07, 6.45) is 4.43. The van der Waals surface area contributed by atoms with Crippen LogP contribution in [-0.4, -0.2) is 21.7 Å². The van der Waals surface area contributed by atoms with Crippen molar-refractivity contribution < 1.29 is 9.59 Å². The van der Waals surface area contributed by atoms with Gasteiger partial charge in [0.25, 0.3) is 5.91 Å². The number of halogens is 2. The van der Waals surface area contributed by atoms with Crippen LogP contribution in [0.5, 0.6) is 0 Å². The summed E-state index contributed by atoms with van der Waals surface area (Å²) in [6, 6.07) is 10.3. The fraction of sp³-hybridized carbons (Fsp3) is 0.182. The minimum absolute atomic E-state index is 0.0456. The Morgan fingerprint density at radius 3 is 2.77 bits per heavy atom. The van der Waals surface area contributed by atoms with Crippen LogP contribution in [0.2, 0.25) is 10.0 Å². The van der Waals surface area contributed by atoms with Crippen molar-refractivity contribution in [2.24, 2.45) is 5.73 Å². The Balaban J connectivity index is 1.84. The van der Waals surface area contributed by atoms with Crippen molar-refractivity contribution in [2.75, 3.05) is 0 Å². The number of allylic oxidation sites excluding steroid dienone is 3. The molecule has 0 saturated heterocycles. The Kier molecular flexibility index (Phi) is 5.68. The maximum absolute atomic E-state index is 13.0. The molecule has 1 amide bonds. The summed E-state index contributed by atoms with van der Waals surface area (Å²) in [5, 5.41) is 12.1. The number of nitrogens with two attached hydrogens (primary N) is 1. The van der Waals surface area contributed by atoms with E-state index in [1.54, 1.807) is 36.5 Å². The predicted molar refractivity (Wildman–Crippen MR) is 115 cm³/mol. The molecule has 4 rings (SSSR count). The topological polar surface area (TPSA) is 112 Å². The highest BCUT2D eigenvalue weighted by molar-refractivity contribution is 6.35. The molecule has 2 heterocycles. The van der Waals surface area contributed by atoms with Crippen LogP contribution in [0, 0.1) is 11.3 Å². The van der Waals surface area contributed by atoms with E-state index >= 15 is 0 Å².